The summed E-state index contributed by atoms with van der Waals surface area (Å²) in [5.41, 5.74) is 1.47. The average molecular weight is 420 g/mol. The first-order valence-electron chi connectivity index (χ1n) is 9.38. The molecule has 0 N–H and O–H groups in total. The van der Waals surface area contributed by atoms with E-state index in [2.05, 4.69) is 4.99 Å². The van der Waals surface area contributed by atoms with Crippen molar-refractivity contribution in [3.05, 3.63) is 101 Å². The predicted octanol–water partition coefficient (Wildman–Crippen LogP) is 5.14. The zero-order valence-corrected chi connectivity index (χ0v) is 16.7. The van der Waals surface area contributed by atoms with Crippen LogP contribution < -0.4 is 9.47 Å². The topological polar surface area (TPSA) is 57.1 Å². The number of carbonyl (C=O) groups is 1. The Balaban J connectivity index is 1.47. The highest BCUT2D eigenvalue weighted by atomic mass is 35.5. The molecule has 0 saturated carbocycles. The van der Waals surface area contributed by atoms with Crippen LogP contribution >= 0.6 is 11.6 Å². The molecule has 4 rings (SSSR count). The Hall–Kier alpha value is -3.57. The van der Waals surface area contributed by atoms with Crippen molar-refractivity contribution in [2.24, 2.45) is 4.99 Å². The third-order valence-electron chi connectivity index (χ3n) is 4.29. The lowest BCUT2D eigenvalue weighted by atomic mass is 10.1. The average Bonchev–Trinajstić information content (AvgIpc) is 3.13. The number of hydrogen-bond acceptors (Lipinski definition) is 5. The van der Waals surface area contributed by atoms with Crippen LogP contribution in [0.5, 0.6) is 11.5 Å². The SMILES string of the molecule is O=C1OC(c2ccccc2Cl)=N/C1=C/c1ccccc1OCCOc1ccccc1. The standard InChI is InChI=1S/C24H18ClNO4/c25-20-12-6-5-11-19(20)23-26-21(24(27)30-23)16-17-8-4-7-13-22(17)29-15-14-28-18-9-2-1-3-10-18/h1-13,16H,14-15H2/b21-16+. The molecule has 3 aromatic rings. The smallest absolute Gasteiger partial charge is 0.363 e. The van der Waals surface area contributed by atoms with Crippen LogP contribution in [0.2, 0.25) is 5.02 Å². The summed E-state index contributed by atoms with van der Waals surface area (Å²) in [5, 5.41) is 0.465. The highest BCUT2D eigenvalue weighted by molar-refractivity contribution is 6.34. The van der Waals surface area contributed by atoms with Gasteiger partial charge in [0.1, 0.15) is 24.7 Å². The Bertz CT molecular complexity index is 1110. The molecule has 0 bridgehead atoms. The molecule has 0 radical (unpaired) electrons. The molecule has 0 amide bonds. The molecule has 1 aliphatic rings. The first kappa shape index (κ1) is 19.7. The van der Waals surface area contributed by atoms with Gasteiger partial charge in [0.15, 0.2) is 5.70 Å². The summed E-state index contributed by atoms with van der Waals surface area (Å²) >= 11 is 6.18. The molecule has 0 spiro atoms. The maximum atomic E-state index is 12.3. The van der Waals surface area contributed by atoms with Gasteiger partial charge in [-0.05, 0) is 36.4 Å². The molecule has 150 valence electrons. The van der Waals surface area contributed by atoms with E-state index in [9.17, 15) is 4.79 Å². The summed E-state index contributed by atoms with van der Waals surface area (Å²) in [6.45, 7) is 0.749. The molecule has 0 aliphatic carbocycles. The van der Waals surface area contributed by atoms with Crippen LogP contribution in [0, 0.1) is 0 Å². The second kappa shape index (κ2) is 9.29. The number of esters is 1. The lowest BCUT2D eigenvalue weighted by molar-refractivity contribution is -0.129. The summed E-state index contributed by atoms with van der Waals surface area (Å²) < 4.78 is 16.8. The van der Waals surface area contributed by atoms with Gasteiger partial charge in [0, 0.05) is 5.56 Å². The van der Waals surface area contributed by atoms with Crippen LogP contribution in [0.15, 0.2) is 89.6 Å². The third-order valence-corrected chi connectivity index (χ3v) is 4.62. The van der Waals surface area contributed by atoms with Gasteiger partial charge >= 0.3 is 5.97 Å². The van der Waals surface area contributed by atoms with Gasteiger partial charge in [-0.2, -0.15) is 0 Å². The van der Waals surface area contributed by atoms with Crippen LogP contribution in [0.3, 0.4) is 0 Å². The molecule has 0 unspecified atom stereocenters. The summed E-state index contributed by atoms with van der Waals surface area (Å²) in [5.74, 6) is 1.06. The second-order valence-corrected chi connectivity index (χ2v) is 6.77. The van der Waals surface area contributed by atoms with Gasteiger partial charge in [0.05, 0.1) is 10.6 Å². The van der Waals surface area contributed by atoms with Gasteiger partial charge in [-0.3, -0.25) is 0 Å². The molecular weight excluding hydrogens is 402 g/mol. The molecule has 1 aliphatic heterocycles. The molecule has 0 saturated heterocycles. The number of aliphatic imine (C=N–C) groups is 1. The summed E-state index contributed by atoms with van der Waals surface area (Å²) in [6.07, 6.45) is 1.64. The monoisotopic (exact) mass is 419 g/mol. The molecule has 5 nitrogen and oxygen atoms in total. The van der Waals surface area contributed by atoms with Crippen molar-refractivity contribution in [1.82, 2.24) is 0 Å². The van der Waals surface area contributed by atoms with Crippen molar-refractivity contribution < 1.29 is 19.0 Å². The van der Waals surface area contributed by atoms with Crippen molar-refractivity contribution in [3.63, 3.8) is 0 Å². The fourth-order valence-corrected chi connectivity index (χ4v) is 3.08. The van der Waals surface area contributed by atoms with E-state index in [0.717, 1.165) is 5.75 Å². The second-order valence-electron chi connectivity index (χ2n) is 6.36. The Morgan fingerprint density at radius 1 is 0.867 bits per heavy atom. The largest absolute Gasteiger partial charge is 0.490 e. The summed E-state index contributed by atoms with van der Waals surface area (Å²) in [4.78, 5) is 16.6. The Kier molecular flexibility index (Phi) is 6.11. The van der Waals surface area contributed by atoms with E-state index in [1.807, 2.05) is 54.6 Å². The molecule has 6 heteroatoms. The van der Waals surface area contributed by atoms with Crippen LogP contribution in [0.4, 0.5) is 0 Å². The predicted molar refractivity (Wildman–Crippen MR) is 116 cm³/mol. The Morgan fingerprint density at radius 3 is 2.40 bits per heavy atom. The number of ether oxygens (including phenoxy) is 3. The zero-order chi connectivity index (χ0) is 20.8. The van der Waals surface area contributed by atoms with Gasteiger partial charge in [0.25, 0.3) is 0 Å². The van der Waals surface area contributed by atoms with Crippen molar-refractivity contribution in [1.29, 1.82) is 0 Å². The number of para-hydroxylation sites is 2. The zero-order valence-electron chi connectivity index (χ0n) is 16.0. The van der Waals surface area contributed by atoms with Gasteiger partial charge in [0.2, 0.25) is 5.90 Å². The highest BCUT2D eigenvalue weighted by Gasteiger charge is 2.25. The van der Waals surface area contributed by atoms with Gasteiger partial charge in [-0.1, -0.05) is 60.1 Å². The van der Waals surface area contributed by atoms with Gasteiger partial charge in [-0.25, -0.2) is 9.79 Å². The Labute approximate surface area is 179 Å². The first-order valence-corrected chi connectivity index (χ1v) is 9.75. The first-order chi connectivity index (χ1) is 14.7. The molecule has 0 atom stereocenters. The van der Waals surface area contributed by atoms with Crippen molar-refractivity contribution in [2.75, 3.05) is 13.2 Å². The number of halogens is 1. The van der Waals surface area contributed by atoms with E-state index < -0.39 is 5.97 Å². The minimum Gasteiger partial charge on any atom is -0.490 e. The van der Waals surface area contributed by atoms with Crippen molar-refractivity contribution in [3.8, 4) is 11.5 Å². The highest BCUT2D eigenvalue weighted by Crippen LogP contribution is 2.26. The minimum absolute atomic E-state index is 0.182. The number of carbonyl (C=O) groups excluding carboxylic acids is 1. The molecule has 0 fully saturated rings. The number of hydrogen-bond donors (Lipinski definition) is 0. The maximum absolute atomic E-state index is 12.3. The minimum atomic E-state index is -0.535. The van der Waals surface area contributed by atoms with E-state index in [-0.39, 0.29) is 11.6 Å². The number of benzene rings is 3. The normalized spacial score (nSPS) is 14.4. The molecule has 0 aromatic heterocycles. The number of nitrogens with zero attached hydrogens (tertiary/aromatic N) is 1. The Morgan fingerprint density at radius 2 is 1.57 bits per heavy atom. The van der Waals surface area contributed by atoms with E-state index in [4.69, 9.17) is 25.8 Å². The fraction of sp³-hybridized carbons (Fsp3) is 0.0833. The summed E-state index contributed by atoms with van der Waals surface area (Å²) in [7, 11) is 0. The molecule has 3 aromatic carbocycles. The quantitative estimate of drug-likeness (QED) is 0.302. The number of rotatable bonds is 7. The van der Waals surface area contributed by atoms with E-state index in [1.165, 1.54) is 0 Å². The lowest BCUT2D eigenvalue weighted by Gasteiger charge is -2.10. The number of cyclic esters (lactones) is 1. The van der Waals surface area contributed by atoms with E-state index in [0.29, 0.717) is 35.1 Å². The molecule has 1 heterocycles. The van der Waals surface area contributed by atoms with E-state index in [1.54, 1.807) is 30.3 Å². The van der Waals surface area contributed by atoms with Crippen LogP contribution in [0.25, 0.3) is 6.08 Å². The van der Waals surface area contributed by atoms with Gasteiger partial charge in [-0.15, -0.1) is 0 Å². The van der Waals surface area contributed by atoms with Crippen LogP contribution in [-0.2, 0) is 9.53 Å². The van der Waals surface area contributed by atoms with Crippen molar-refractivity contribution in [2.45, 2.75) is 0 Å². The third kappa shape index (κ3) is 4.70. The maximum Gasteiger partial charge on any atom is 0.363 e. The fourth-order valence-electron chi connectivity index (χ4n) is 2.87. The molecular formula is C24H18ClNO4. The molecule has 30 heavy (non-hydrogen) atoms. The lowest BCUT2D eigenvalue weighted by Crippen LogP contribution is -2.09. The van der Waals surface area contributed by atoms with Crippen LogP contribution in [-0.4, -0.2) is 25.1 Å². The summed E-state index contributed by atoms with van der Waals surface area (Å²) in [6, 6.07) is 24.0. The van der Waals surface area contributed by atoms with Crippen LogP contribution in [0.1, 0.15) is 11.1 Å². The van der Waals surface area contributed by atoms with Gasteiger partial charge < -0.3 is 14.2 Å². The van der Waals surface area contributed by atoms with Crippen molar-refractivity contribution >= 4 is 29.5 Å². The van der Waals surface area contributed by atoms with E-state index >= 15 is 0 Å².